The number of fused-ring (bicyclic) bond motifs is 2. The van der Waals surface area contributed by atoms with Crippen LogP contribution in [-0.2, 0) is 0 Å². The third-order valence-corrected chi connectivity index (χ3v) is 10.8. The molecule has 0 unspecified atom stereocenters. The Labute approximate surface area is 337 Å². The van der Waals surface area contributed by atoms with E-state index in [9.17, 15) is 5.26 Å². The maximum absolute atomic E-state index is 9.40. The van der Waals surface area contributed by atoms with Gasteiger partial charge in [-0.25, -0.2) is 15.0 Å². The summed E-state index contributed by atoms with van der Waals surface area (Å²) in [6.07, 6.45) is 0. The lowest BCUT2D eigenvalue weighted by atomic mass is 9.88. The van der Waals surface area contributed by atoms with Crippen molar-refractivity contribution >= 4 is 21.5 Å². The van der Waals surface area contributed by atoms with E-state index in [0.29, 0.717) is 23.0 Å². The molecular weight excluding hydrogens is 705 g/mol. The highest BCUT2D eigenvalue weighted by Crippen LogP contribution is 2.42. The number of benzene rings is 9. The summed E-state index contributed by atoms with van der Waals surface area (Å²) in [6.45, 7) is 0. The van der Waals surface area contributed by atoms with E-state index in [1.807, 2.05) is 42.5 Å². The van der Waals surface area contributed by atoms with E-state index in [0.717, 1.165) is 55.6 Å². The van der Waals surface area contributed by atoms with Crippen molar-refractivity contribution in [2.75, 3.05) is 0 Å². The van der Waals surface area contributed by atoms with E-state index in [-0.39, 0.29) is 0 Å². The Morgan fingerprint density at radius 2 is 0.793 bits per heavy atom. The molecule has 0 saturated carbocycles. The molecule has 0 radical (unpaired) electrons. The SMILES string of the molecule is N#Cc1ccc(-c2cccc(-c3nc(-c4ccc(-c5cccc6ccccc56)cc4)nc(-c4cccc(-c5cccc6ccccc56)c4-c4ccccc4)n3)c2)cc1. The molecule has 0 bridgehead atoms. The van der Waals surface area contributed by atoms with Gasteiger partial charge in [-0.1, -0.05) is 188 Å². The van der Waals surface area contributed by atoms with E-state index >= 15 is 0 Å². The first-order valence-corrected chi connectivity index (χ1v) is 19.3. The van der Waals surface area contributed by atoms with Crippen LogP contribution in [0.15, 0.2) is 206 Å². The maximum Gasteiger partial charge on any atom is 0.164 e. The zero-order valence-corrected chi connectivity index (χ0v) is 31.4. The first-order valence-electron chi connectivity index (χ1n) is 19.3. The van der Waals surface area contributed by atoms with E-state index < -0.39 is 0 Å². The first-order chi connectivity index (χ1) is 28.7. The van der Waals surface area contributed by atoms with Crippen LogP contribution in [0.1, 0.15) is 5.56 Å². The standard InChI is InChI=1S/C54H34N4/c55-35-36-26-28-37(29-27-36)43-18-8-19-44(34-43)53-56-52(42-32-30-40(31-33-42)46-22-9-16-38-12-4-6-20-45(38)46)57-54(58-53)50-25-11-24-49(51(50)41-14-2-1-3-15-41)48-23-10-17-39-13-5-7-21-47(39)48/h1-34H. The van der Waals surface area contributed by atoms with Crippen molar-refractivity contribution in [1.29, 1.82) is 5.26 Å². The normalized spacial score (nSPS) is 11.1. The molecule has 0 fully saturated rings. The maximum atomic E-state index is 9.40. The molecule has 10 aromatic rings. The molecule has 4 heteroatoms. The number of rotatable bonds is 7. The molecule has 9 aromatic carbocycles. The van der Waals surface area contributed by atoms with Gasteiger partial charge >= 0.3 is 0 Å². The average Bonchev–Trinajstić information content (AvgIpc) is 3.31. The minimum Gasteiger partial charge on any atom is -0.208 e. The van der Waals surface area contributed by atoms with Gasteiger partial charge in [0.25, 0.3) is 0 Å². The second-order valence-electron chi connectivity index (χ2n) is 14.3. The van der Waals surface area contributed by atoms with Crippen LogP contribution in [0.2, 0.25) is 0 Å². The average molecular weight is 739 g/mol. The van der Waals surface area contributed by atoms with Crippen LogP contribution in [0, 0.1) is 11.3 Å². The summed E-state index contributed by atoms with van der Waals surface area (Å²) in [4.78, 5) is 15.7. The van der Waals surface area contributed by atoms with Crippen molar-refractivity contribution < 1.29 is 0 Å². The van der Waals surface area contributed by atoms with E-state index in [1.54, 1.807) is 0 Å². The fourth-order valence-electron chi connectivity index (χ4n) is 7.94. The minimum absolute atomic E-state index is 0.572. The van der Waals surface area contributed by atoms with Crippen LogP contribution < -0.4 is 0 Å². The van der Waals surface area contributed by atoms with Gasteiger partial charge in [0.15, 0.2) is 17.5 Å². The topological polar surface area (TPSA) is 62.5 Å². The van der Waals surface area contributed by atoms with Crippen molar-refractivity contribution in [1.82, 2.24) is 15.0 Å². The Hall–Kier alpha value is -8.00. The minimum atomic E-state index is 0.572. The van der Waals surface area contributed by atoms with E-state index in [2.05, 4.69) is 170 Å². The summed E-state index contributed by atoms with van der Waals surface area (Å²) in [5, 5.41) is 14.2. The Balaban J connectivity index is 1.17. The first kappa shape index (κ1) is 34.5. The number of nitriles is 1. The van der Waals surface area contributed by atoms with E-state index in [4.69, 9.17) is 15.0 Å². The number of aromatic nitrogens is 3. The summed E-state index contributed by atoms with van der Waals surface area (Å²) in [5.41, 5.74) is 12.0. The predicted molar refractivity (Wildman–Crippen MR) is 238 cm³/mol. The summed E-state index contributed by atoms with van der Waals surface area (Å²) < 4.78 is 0. The van der Waals surface area contributed by atoms with Crippen LogP contribution in [-0.4, -0.2) is 15.0 Å². The van der Waals surface area contributed by atoms with Gasteiger partial charge in [0.1, 0.15) is 0 Å². The molecule has 0 amide bonds. The number of nitrogens with zero attached hydrogens (tertiary/aromatic N) is 4. The summed E-state index contributed by atoms with van der Waals surface area (Å²) in [5.74, 6) is 1.74. The molecule has 0 atom stereocenters. The molecule has 0 aliphatic rings. The van der Waals surface area contributed by atoms with Gasteiger partial charge in [-0.3, -0.25) is 0 Å². The van der Waals surface area contributed by atoms with Crippen LogP contribution in [0.4, 0.5) is 0 Å². The zero-order valence-electron chi connectivity index (χ0n) is 31.4. The highest BCUT2D eigenvalue weighted by Gasteiger charge is 2.20. The quantitative estimate of drug-likeness (QED) is 0.163. The van der Waals surface area contributed by atoms with Crippen molar-refractivity contribution in [2.24, 2.45) is 0 Å². The van der Waals surface area contributed by atoms with E-state index in [1.165, 1.54) is 27.1 Å². The molecule has 270 valence electrons. The van der Waals surface area contributed by atoms with Gasteiger partial charge in [-0.2, -0.15) is 5.26 Å². The fraction of sp³-hybridized carbons (Fsp3) is 0. The van der Waals surface area contributed by atoms with Crippen molar-refractivity contribution in [3.8, 4) is 84.7 Å². The summed E-state index contributed by atoms with van der Waals surface area (Å²) in [7, 11) is 0. The number of hydrogen-bond donors (Lipinski definition) is 0. The van der Waals surface area contributed by atoms with Crippen LogP contribution in [0.25, 0.3) is 100 Å². The predicted octanol–water partition coefficient (Wildman–Crippen LogP) is 13.7. The lowest BCUT2D eigenvalue weighted by molar-refractivity contribution is 1.07. The van der Waals surface area contributed by atoms with Gasteiger partial charge in [-0.15, -0.1) is 0 Å². The molecule has 4 nitrogen and oxygen atoms in total. The molecule has 58 heavy (non-hydrogen) atoms. The van der Waals surface area contributed by atoms with Crippen molar-refractivity contribution in [3.63, 3.8) is 0 Å². The Morgan fingerprint density at radius 1 is 0.310 bits per heavy atom. The molecule has 0 aliphatic heterocycles. The van der Waals surface area contributed by atoms with Gasteiger partial charge in [0, 0.05) is 22.3 Å². The Bertz CT molecular complexity index is 3150. The second kappa shape index (κ2) is 14.9. The monoisotopic (exact) mass is 738 g/mol. The Morgan fingerprint density at radius 3 is 1.52 bits per heavy atom. The lowest BCUT2D eigenvalue weighted by Crippen LogP contribution is -2.02. The third-order valence-electron chi connectivity index (χ3n) is 10.8. The molecule has 0 saturated heterocycles. The molecular formula is C54H34N4. The summed E-state index contributed by atoms with van der Waals surface area (Å²) in [6, 6.07) is 73.5. The highest BCUT2D eigenvalue weighted by atomic mass is 15.0. The molecule has 0 aliphatic carbocycles. The summed E-state index contributed by atoms with van der Waals surface area (Å²) >= 11 is 0. The smallest absolute Gasteiger partial charge is 0.164 e. The molecule has 0 N–H and O–H groups in total. The van der Waals surface area contributed by atoms with Gasteiger partial charge in [-0.05, 0) is 78.7 Å². The number of hydrogen-bond acceptors (Lipinski definition) is 4. The van der Waals surface area contributed by atoms with Gasteiger partial charge < -0.3 is 0 Å². The largest absolute Gasteiger partial charge is 0.208 e. The van der Waals surface area contributed by atoms with Crippen molar-refractivity contribution in [2.45, 2.75) is 0 Å². The Kier molecular flexibility index (Phi) is 8.87. The third kappa shape index (κ3) is 6.47. The van der Waals surface area contributed by atoms with Gasteiger partial charge in [0.2, 0.25) is 0 Å². The van der Waals surface area contributed by atoms with Crippen LogP contribution >= 0.6 is 0 Å². The fourth-order valence-corrected chi connectivity index (χ4v) is 7.94. The molecule has 1 heterocycles. The van der Waals surface area contributed by atoms with Crippen LogP contribution in [0.5, 0.6) is 0 Å². The molecule has 10 rings (SSSR count). The highest BCUT2D eigenvalue weighted by molar-refractivity contribution is 6.03. The lowest BCUT2D eigenvalue weighted by Gasteiger charge is -2.17. The van der Waals surface area contributed by atoms with Gasteiger partial charge in [0.05, 0.1) is 11.6 Å². The second-order valence-corrected chi connectivity index (χ2v) is 14.3. The van der Waals surface area contributed by atoms with Crippen LogP contribution in [0.3, 0.4) is 0 Å². The molecule has 1 aromatic heterocycles. The zero-order chi connectivity index (χ0) is 38.8. The molecule has 0 spiro atoms. The van der Waals surface area contributed by atoms with Crippen molar-refractivity contribution in [3.05, 3.63) is 212 Å².